The highest BCUT2D eigenvalue weighted by Crippen LogP contribution is 2.34. The molecule has 1 heterocycles. The molecule has 19 heavy (non-hydrogen) atoms. The standard InChI is InChI=1S/C13H13BrF3NO/c14-11-3-1-9(2-4-11)12(19)18-7-5-10(6-8-18)13(15,16)17/h1-4,10H,5-8H2. The average Bonchev–Trinajstić information content (AvgIpc) is 2.38. The van der Waals surface area contributed by atoms with Gasteiger partial charge >= 0.3 is 6.18 Å². The third-order valence-electron chi connectivity index (χ3n) is 3.34. The second kappa shape index (κ2) is 5.53. The number of carbonyl (C=O) groups is 1. The van der Waals surface area contributed by atoms with Crippen molar-refractivity contribution < 1.29 is 18.0 Å². The predicted molar refractivity (Wildman–Crippen MR) is 68.8 cm³/mol. The molecule has 1 amide bonds. The zero-order valence-electron chi connectivity index (χ0n) is 10.1. The molecule has 0 radical (unpaired) electrons. The van der Waals surface area contributed by atoms with E-state index in [1.807, 2.05) is 0 Å². The first-order chi connectivity index (χ1) is 8.88. The minimum absolute atomic E-state index is 0.00817. The van der Waals surface area contributed by atoms with Crippen LogP contribution < -0.4 is 0 Å². The summed E-state index contributed by atoms with van der Waals surface area (Å²) in [5.74, 6) is -1.48. The molecule has 104 valence electrons. The SMILES string of the molecule is O=C(c1ccc(Br)cc1)N1CCC(C(F)(F)F)CC1. The van der Waals surface area contributed by atoms with Gasteiger partial charge in [0.15, 0.2) is 0 Å². The minimum Gasteiger partial charge on any atom is -0.339 e. The Bertz CT molecular complexity index is 450. The van der Waals surface area contributed by atoms with Crippen LogP contribution in [0, 0.1) is 5.92 Å². The van der Waals surface area contributed by atoms with Gasteiger partial charge in [-0.15, -0.1) is 0 Å². The summed E-state index contributed by atoms with van der Waals surface area (Å²) in [7, 11) is 0. The molecule has 0 saturated carbocycles. The Morgan fingerprint density at radius 1 is 1.16 bits per heavy atom. The van der Waals surface area contributed by atoms with Crippen LogP contribution >= 0.6 is 15.9 Å². The quantitative estimate of drug-likeness (QED) is 0.763. The van der Waals surface area contributed by atoms with Gasteiger partial charge in [-0.2, -0.15) is 13.2 Å². The highest BCUT2D eigenvalue weighted by molar-refractivity contribution is 9.10. The monoisotopic (exact) mass is 335 g/mol. The lowest BCUT2D eigenvalue weighted by Crippen LogP contribution is -2.42. The number of hydrogen-bond donors (Lipinski definition) is 0. The van der Waals surface area contributed by atoms with E-state index < -0.39 is 12.1 Å². The van der Waals surface area contributed by atoms with Crippen LogP contribution in [-0.4, -0.2) is 30.1 Å². The summed E-state index contributed by atoms with van der Waals surface area (Å²) in [5.41, 5.74) is 0.508. The van der Waals surface area contributed by atoms with E-state index in [4.69, 9.17) is 0 Å². The summed E-state index contributed by atoms with van der Waals surface area (Å²) in [4.78, 5) is 13.6. The maximum absolute atomic E-state index is 12.5. The Morgan fingerprint density at radius 3 is 2.16 bits per heavy atom. The number of carbonyl (C=O) groups excluding carboxylic acids is 1. The molecule has 0 aromatic heterocycles. The molecule has 0 aliphatic carbocycles. The lowest BCUT2D eigenvalue weighted by atomic mass is 9.96. The van der Waals surface area contributed by atoms with Crippen molar-refractivity contribution in [1.29, 1.82) is 0 Å². The fourth-order valence-corrected chi connectivity index (χ4v) is 2.45. The molecular formula is C13H13BrF3NO. The van der Waals surface area contributed by atoms with E-state index in [1.165, 1.54) is 4.90 Å². The molecule has 2 rings (SSSR count). The maximum Gasteiger partial charge on any atom is 0.391 e. The van der Waals surface area contributed by atoms with Crippen LogP contribution in [0.25, 0.3) is 0 Å². The summed E-state index contributed by atoms with van der Waals surface area (Å²) < 4.78 is 38.4. The third kappa shape index (κ3) is 3.49. The van der Waals surface area contributed by atoms with Crippen LogP contribution in [0.3, 0.4) is 0 Å². The zero-order valence-corrected chi connectivity index (χ0v) is 11.7. The molecule has 2 nitrogen and oxygen atoms in total. The van der Waals surface area contributed by atoms with E-state index in [0.29, 0.717) is 5.56 Å². The minimum atomic E-state index is -4.15. The van der Waals surface area contributed by atoms with E-state index in [2.05, 4.69) is 15.9 Å². The van der Waals surface area contributed by atoms with Crippen molar-refractivity contribution in [3.63, 3.8) is 0 Å². The topological polar surface area (TPSA) is 20.3 Å². The molecular weight excluding hydrogens is 323 g/mol. The Hall–Kier alpha value is -1.04. The van der Waals surface area contributed by atoms with Gasteiger partial charge in [0.25, 0.3) is 5.91 Å². The van der Waals surface area contributed by atoms with E-state index in [1.54, 1.807) is 24.3 Å². The van der Waals surface area contributed by atoms with Crippen LogP contribution in [0.2, 0.25) is 0 Å². The van der Waals surface area contributed by atoms with Crippen molar-refractivity contribution in [3.8, 4) is 0 Å². The molecule has 1 aliphatic rings. The summed E-state index contributed by atoms with van der Waals surface area (Å²) >= 11 is 3.27. The predicted octanol–water partition coefficient (Wildman–Crippen LogP) is 3.86. The molecule has 1 aromatic carbocycles. The van der Waals surface area contributed by atoms with Gasteiger partial charge in [-0.1, -0.05) is 15.9 Å². The molecule has 0 N–H and O–H groups in total. The van der Waals surface area contributed by atoms with Crippen LogP contribution in [0.1, 0.15) is 23.2 Å². The first kappa shape index (κ1) is 14.4. The Morgan fingerprint density at radius 2 is 1.68 bits per heavy atom. The fraction of sp³-hybridized carbons (Fsp3) is 0.462. The first-order valence-corrected chi connectivity index (χ1v) is 6.79. The summed E-state index contributed by atoms with van der Waals surface area (Å²) in [6.07, 6.45) is -4.16. The lowest BCUT2D eigenvalue weighted by Gasteiger charge is -2.33. The largest absolute Gasteiger partial charge is 0.391 e. The molecule has 0 unspecified atom stereocenters. The van der Waals surface area contributed by atoms with Gasteiger partial charge in [0.2, 0.25) is 0 Å². The van der Waals surface area contributed by atoms with Crippen molar-refractivity contribution in [1.82, 2.24) is 4.90 Å². The number of amides is 1. The number of likely N-dealkylation sites (tertiary alicyclic amines) is 1. The van der Waals surface area contributed by atoms with Gasteiger partial charge < -0.3 is 4.90 Å². The smallest absolute Gasteiger partial charge is 0.339 e. The molecule has 1 aliphatic heterocycles. The van der Waals surface area contributed by atoms with E-state index in [-0.39, 0.29) is 31.8 Å². The molecule has 0 atom stereocenters. The number of hydrogen-bond acceptors (Lipinski definition) is 1. The lowest BCUT2D eigenvalue weighted by molar-refractivity contribution is -0.183. The van der Waals surface area contributed by atoms with E-state index in [9.17, 15) is 18.0 Å². The van der Waals surface area contributed by atoms with Gasteiger partial charge in [-0.3, -0.25) is 4.79 Å². The van der Waals surface area contributed by atoms with Crippen molar-refractivity contribution in [3.05, 3.63) is 34.3 Å². The third-order valence-corrected chi connectivity index (χ3v) is 3.86. The Kier molecular flexibility index (Phi) is 4.18. The Balaban J connectivity index is 1.98. The number of alkyl halides is 3. The van der Waals surface area contributed by atoms with Gasteiger partial charge in [0.05, 0.1) is 5.92 Å². The molecule has 1 saturated heterocycles. The molecule has 1 aromatic rings. The molecule has 1 fully saturated rings. The second-order valence-electron chi connectivity index (χ2n) is 4.61. The number of nitrogens with zero attached hydrogens (tertiary/aromatic N) is 1. The first-order valence-electron chi connectivity index (χ1n) is 5.99. The van der Waals surface area contributed by atoms with Crippen molar-refractivity contribution in [2.24, 2.45) is 5.92 Å². The van der Waals surface area contributed by atoms with Gasteiger partial charge in [0, 0.05) is 23.1 Å². The fourth-order valence-electron chi connectivity index (χ4n) is 2.18. The summed E-state index contributed by atoms with van der Waals surface area (Å²) in [6.45, 7) is 0.331. The van der Waals surface area contributed by atoms with Crippen LogP contribution in [0.15, 0.2) is 28.7 Å². The van der Waals surface area contributed by atoms with E-state index in [0.717, 1.165) is 4.47 Å². The number of benzene rings is 1. The van der Waals surface area contributed by atoms with Gasteiger partial charge in [-0.05, 0) is 37.1 Å². The summed E-state index contributed by atoms with van der Waals surface area (Å²) in [5, 5.41) is 0. The van der Waals surface area contributed by atoms with Gasteiger partial charge in [-0.25, -0.2) is 0 Å². The van der Waals surface area contributed by atoms with Gasteiger partial charge in [0.1, 0.15) is 0 Å². The van der Waals surface area contributed by atoms with Crippen LogP contribution in [-0.2, 0) is 0 Å². The van der Waals surface area contributed by atoms with Crippen molar-refractivity contribution >= 4 is 21.8 Å². The highest BCUT2D eigenvalue weighted by atomic mass is 79.9. The van der Waals surface area contributed by atoms with Crippen LogP contribution in [0.5, 0.6) is 0 Å². The average molecular weight is 336 g/mol. The Labute approximate surface area is 117 Å². The number of halogens is 4. The van der Waals surface area contributed by atoms with Crippen molar-refractivity contribution in [2.45, 2.75) is 19.0 Å². The van der Waals surface area contributed by atoms with E-state index >= 15 is 0 Å². The second-order valence-corrected chi connectivity index (χ2v) is 5.53. The normalized spacial score (nSPS) is 17.6. The molecule has 0 bridgehead atoms. The van der Waals surface area contributed by atoms with Crippen molar-refractivity contribution in [2.75, 3.05) is 13.1 Å². The zero-order chi connectivity index (χ0) is 14.0. The molecule has 6 heteroatoms. The van der Waals surface area contributed by atoms with Crippen LogP contribution in [0.4, 0.5) is 13.2 Å². The molecule has 0 spiro atoms. The highest BCUT2D eigenvalue weighted by Gasteiger charge is 2.41. The summed E-state index contributed by atoms with van der Waals surface area (Å²) in [6, 6.07) is 6.83. The maximum atomic E-state index is 12.5. The number of rotatable bonds is 1. The number of piperidine rings is 1.